The number of nitrogens with zero attached hydrogens (tertiary/aromatic N) is 1. The molecule has 0 bridgehead atoms. The molecule has 1 fully saturated rings. The van der Waals surface area contributed by atoms with Gasteiger partial charge >= 0.3 is 0 Å². The summed E-state index contributed by atoms with van der Waals surface area (Å²) in [5, 5.41) is 3.54. The lowest BCUT2D eigenvalue weighted by Gasteiger charge is -2.32. The Hall–Kier alpha value is -1.92. The first-order chi connectivity index (χ1) is 11.9. The summed E-state index contributed by atoms with van der Waals surface area (Å²) in [6.07, 6.45) is 1.49. The quantitative estimate of drug-likeness (QED) is 0.902. The van der Waals surface area contributed by atoms with Gasteiger partial charge in [0.1, 0.15) is 5.82 Å². The predicted molar refractivity (Wildman–Crippen MR) is 97.7 cm³/mol. The van der Waals surface area contributed by atoms with Gasteiger partial charge in [-0.2, -0.15) is 4.31 Å². The van der Waals surface area contributed by atoms with E-state index in [1.807, 2.05) is 0 Å². The molecule has 0 unspecified atom stereocenters. The Labute approximate surface area is 148 Å². The van der Waals surface area contributed by atoms with Gasteiger partial charge in [0.05, 0.1) is 4.90 Å². The fourth-order valence-electron chi connectivity index (χ4n) is 3.11. The Morgan fingerprint density at radius 1 is 1.04 bits per heavy atom. The summed E-state index contributed by atoms with van der Waals surface area (Å²) in [6, 6.07) is 11.6. The molecule has 134 valence electrons. The van der Waals surface area contributed by atoms with Gasteiger partial charge in [0.25, 0.3) is 0 Å². The standard InChI is InChI=1S/C19H23FN2O2S/c1-14-3-4-15(2)19(13-14)21-17-9-11-22(12-10-17)25(23,24)18-7-5-16(20)6-8-18/h3-8,13,17,21H,9-12H2,1-2H3. The maximum absolute atomic E-state index is 13.0. The number of aryl methyl sites for hydroxylation is 2. The summed E-state index contributed by atoms with van der Waals surface area (Å²) in [6.45, 7) is 5.04. The normalized spacial score (nSPS) is 16.8. The summed E-state index contributed by atoms with van der Waals surface area (Å²) in [4.78, 5) is 0.148. The Morgan fingerprint density at radius 2 is 1.68 bits per heavy atom. The second-order valence-electron chi connectivity index (χ2n) is 6.59. The first-order valence-corrected chi connectivity index (χ1v) is 9.90. The van der Waals surface area contributed by atoms with Crippen molar-refractivity contribution in [2.45, 2.75) is 37.6 Å². The minimum absolute atomic E-state index is 0.148. The minimum Gasteiger partial charge on any atom is -0.382 e. The largest absolute Gasteiger partial charge is 0.382 e. The van der Waals surface area contributed by atoms with E-state index in [0.717, 1.165) is 18.5 Å². The Balaban J connectivity index is 1.65. The van der Waals surface area contributed by atoms with Crippen LogP contribution in [0.5, 0.6) is 0 Å². The zero-order valence-electron chi connectivity index (χ0n) is 14.5. The highest BCUT2D eigenvalue weighted by Crippen LogP contribution is 2.24. The number of nitrogens with one attached hydrogen (secondary N) is 1. The maximum Gasteiger partial charge on any atom is 0.243 e. The van der Waals surface area contributed by atoms with E-state index in [-0.39, 0.29) is 10.9 Å². The second kappa shape index (κ2) is 7.14. The molecule has 2 aromatic rings. The molecule has 6 heteroatoms. The van der Waals surface area contributed by atoms with Crippen molar-refractivity contribution in [3.8, 4) is 0 Å². The van der Waals surface area contributed by atoms with Crippen LogP contribution in [0.2, 0.25) is 0 Å². The molecule has 0 saturated carbocycles. The number of benzene rings is 2. The van der Waals surface area contributed by atoms with Gasteiger partial charge in [-0.15, -0.1) is 0 Å². The Morgan fingerprint density at radius 3 is 2.32 bits per heavy atom. The van der Waals surface area contributed by atoms with Crippen LogP contribution in [-0.4, -0.2) is 31.9 Å². The molecular formula is C19H23FN2O2S. The number of anilines is 1. The van der Waals surface area contributed by atoms with Gasteiger partial charge in [0, 0.05) is 24.8 Å². The first-order valence-electron chi connectivity index (χ1n) is 8.46. The number of hydrogen-bond donors (Lipinski definition) is 1. The molecule has 1 aliphatic heterocycles. The molecule has 1 heterocycles. The van der Waals surface area contributed by atoms with E-state index >= 15 is 0 Å². The fraction of sp³-hybridized carbons (Fsp3) is 0.368. The minimum atomic E-state index is -3.55. The molecule has 4 nitrogen and oxygen atoms in total. The van der Waals surface area contributed by atoms with Crippen LogP contribution >= 0.6 is 0 Å². The van der Waals surface area contributed by atoms with E-state index < -0.39 is 15.8 Å². The third kappa shape index (κ3) is 4.02. The van der Waals surface area contributed by atoms with Crippen LogP contribution in [-0.2, 0) is 10.0 Å². The molecular weight excluding hydrogens is 339 g/mol. The van der Waals surface area contributed by atoms with Gasteiger partial charge < -0.3 is 5.32 Å². The van der Waals surface area contributed by atoms with Gasteiger partial charge in [0.2, 0.25) is 10.0 Å². The molecule has 25 heavy (non-hydrogen) atoms. The molecule has 0 aliphatic carbocycles. The van der Waals surface area contributed by atoms with Crippen LogP contribution in [0.4, 0.5) is 10.1 Å². The summed E-state index contributed by atoms with van der Waals surface area (Å²) in [7, 11) is -3.55. The van der Waals surface area contributed by atoms with Crippen LogP contribution in [0.25, 0.3) is 0 Å². The summed E-state index contributed by atoms with van der Waals surface area (Å²) in [5.74, 6) is -0.435. The molecule has 0 atom stereocenters. The van der Waals surface area contributed by atoms with Crippen molar-refractivity contribution in [1.82, 2.24) is 4.31 Å². The topological polar surface area (TPSA) is 49.4 Å². The maximum atomic E-state index is 13.0. The number of hydrogen-bond acceptors (Lipinski definition) is 3. The molecule has 2 aromatic carbocycles. The van der Waals surface area contributed by atoms with Crippen LogP contribution in [0.15, 0.2) is 47.4 Å². The molecule has 0 spiro atoms. The molecule has 3 rings (SSSR count). The van der Waals surface area contributed by atoms with Gasteiger partial charge in [-0.25, -0.2) is 12.8 Å². The van der Waals surface area contributed by atoms with Gasteiger partial charge in [-0.1, -0.05) is 12.1 Å². The molecule has 1 N–H and O–H groups in total. The SMILES string of the molecule is Cc1ccc(C)c(NC2CCN(S(=O)(=O)c3ccc(F)cc3)CC2)c1. The van der Waals surface area contributed by atoms with Crippen LogP contribution in [0.1, 0.15) is 24.0 Å². The summed E-state index contributed by atoms with van der Waals surface area (Å²) < 4.78 is 39.8. The lowest BCUT2D eigenvalue weighted by atomic mass is 10.0. The van der Waals surface area contributed by atoms with Gasteiger partial charge in [-0.05, 0) is 68.1 Å². The third-order valence-corrected chi connectivity index (χ3v) is 6.57. The summed E-state index contributed by atoms with van der Waals surface area (Å²) in [5.41, 5.74) is 3.50. The van der Waals surface area contributed by atoms with E-state index in [0.29, 0.717) is 13.1 Å². The van der Waals surface area contributed by atoms with Crippen LogP contribution < -0.4 is 5.32 Å². The monoisotopic (exact) mass is 362 g/mol. The van der Waals surface area contributed by atoms with Crippen molar-refractivity contribution in [3.63, 3.8) is 0 Å². The highest BCUT2D eigenvalue weighted by Gasteiger charge is 2.29. The third-order valence-electron chi connectivity index (χ3n) is 4.66. The van der Waals surface area contributed by atoms with E-state index in [1.54, 1.807) is 0 Å². The van der Waals surface area contributed by atoms with E-state index in [9.17, 15) is 12.8 Å². The second-order valence-corrected chi connectivity index (χ2v) is 8.53. The van der Waals surface area contributed by atoms with Crippen LogP contribution in [0, 0.1) is 19.7 Å². The van der Waals surface area contributed by atoms with Crippen molar-refractivity contribution >= 4 is 15.7 Å². The molecule has 1 aliphatic rings. The van der Waals surface area contributed by atoms with Crippen molar-refractivity contribution < 1.29 is 12.8 Å². The van der Waals surface area contributed by atoms with Crippen molar-refractivity contribution in [2.24, 2.45) is 0 Å². The highest BCUT2D eigenvalue weighted by atomic mass is 32.2. The number of rotatable bonds is 4. The summed E-state index contributed by atoms with van der Waals surface area (Å²) >= 11 is 0. The van der Waals surface area contributed by atoms with Crippen molar-refractivity contribution in [1.29, 1.82) is 0 Å². The van der Waals surface area contributed by atoms with Crippen molar-refractivity contribution in [3.05, 3.63) is 59.4 Å². The first kappa shape index (κ1) is 17.9. The average molecular weight is 362 g/mol. The number of halogens is 1. The van der Waals surface area contributed by atoms with Gasteiger partial charge in [0.15, 0.2) is 0 Å². The number of sulfonamides is 1. The smallest absolute Gasteiger partial charge is 0.243 e. The lowest BCUT2D eigenvalue weighted by molar-refractivity contribution is 0.329. The predicted octanol–water partition coefficient (Wildman–Crippen LogP) is 3.71. The molecule has 0 radical (unpaired) electrons. The average Bonchev–Trinajstić information content (AvgIpc) is 2.59. The van der Waals surface area contributed by atoms with E-state index in [2.05, 4.69) is 37.4 Å². The zero-order valence-corrected chi connectivity index (χ0v) is 15.3. The van der Waals surface area contributed by atoms with Crippen LogP contribution in [0.3, 0.4) is 0 Å². The molecule has 0 amide bonds. The van der Waals surface area contributed by atoms with Gasteiger partial charge in [-0.3, -0.25) is 0 Å². The number of piperidine rings is 1. The highest BCUT2D eigenvalue weighted by molar-refractivity contribution is 7.89. The van der Waals surface area contributed by atoms with E-state index in [1.165, 1.54) is 39.7 Å². The van der Waals surface area contributed by atoms with E-state index in [4.69, 9.17) is 0 Å². The molecule has 1 saturated heterocycles. The Kier molecular flexibility index (Phi) is 5.11. The van der Waals surface area contributed by atoms with Crippen molar-refractivity contribution in [2.75, 3.05) is 18.4 Å². The Bertz CT molecular complexity index is 842. The fourth-order valence-corrected chi connectivity index (χ4v) is 4.58. The molecule has 0 aromatic heterocycles. The zero-order chi connectivity index (χ0) is 18.0. The lowest BCUT2D eigenvalue weighted by Crippen LogP contribution is -2.42.